The summed E-state index contributed by atoms with van der Waals surface area (Å²) in [6.07, 6.45) is 0.632. The minimum atomic E-state index is -0.507. The van der Waals surface area contributed by atoms with Gasteiger partial charge in [0.05, 0.1) is 19.1 Å². The predicted octanol–water partition coefficient (Wildman–Crippen LogP) is 3.27. The Morgan fingerprint density at radius 3 is 2.56 bits per heavy atom. The van der Waals surface area contributed by atoms with Crippen LogP contribution in [0, 0.1) is 19.3 Å². The van der Waals surface area contributed by atoms with Crippen molar-refractivity contribution in [3.63, 3.8) is 0 Å². The zero-order valence-electron chi connectivity index (χ0n) is 11.9. The zero-order chi connectivity index (χ0) is 13.8. The van der Waals surface area contributed by atoms with Crippen molar-refractivity contribution in [3.8, 4) is 5.75 Å². The highest BCUT2D eigenvalue weighted by Gasteiger charge is 2.28. The van der Waals surface area contributed by atoms with E-state index in [9.17, 15) is 4.79 Å². The molecule has 18 heavy (non-hydrogen) atoms. The standard InChI is InChI=1S/C15H22O3/c1-11-6-7-12(2)13(10-11)18-9-8-15(3,4)14(16)17-5/h6-7,10H,8-9H2,1-5H3. The lowest BCUT2D eigenvalue weighted by molar-refractivity contribution is -0.151. The van der Waals surface area contributed by atoms with Gasteiger partial charge in [-0.1, -0.05) is 12.1 Å². The number of hydrogen-bond acceptors (Lipinski definition) is 3. The summed E-state index contributed by atoms with van der Waals surface area (Å²) in [6.45, 7) is 8.29. The molecule has 3 heteroatoms. The van der Waals surface area contributed by atoms with Crippen molar-refractivity contribution in [2.75, 3.05) is 13.7 Å². The van der Waals surface area contributed by atoms with Gasteiger partial charge in [0.25, 0.3) is 0 Å². The highest BCUT2D eigenvalue weighted by atomic mass is 16.5. The van der Waals surface area contributed by atoms with Crippen LogP contribution in [0.15, 0.2) is 18.2 Å². The monoisotopic (exact) mass is 250 g/mol. The minimum absolute atomic E-state index is 0.202. The molecule has 1 aromatic rings. The number of carbonyl (C=O) groups excluding carboxylic acids is 1. The molecule has 3 nitrogen and oxygen atoms in total. The average Bonchev–Trinajstić information content (AvgIpc) is 2.32. The molecule has 0 aliphatic carbocycles. The first-order valence-corrected chi connectivity index (χ1v) is 6.15. The molecule has 0 bridgehead atoms. The Morgan fingerprint density at radius 2 is 1.94 bits per heavy atom. The van der Waals surface area contributed by atoms with Gasteiger partial charge in [-0.2, -0.15) is 0 Å². The number of rotatable bonds is 5. The Labute approximate surface area is 109 Å². The minimum Gasteiger partial charge on any atom is -0.493 e. The predicted molar refractivity (Wildman–Crippen MR) is 71.8 cm³/mol. The molecule has 0 aromatic heterocycles. The van der Waals surface area contributed by atoms with Crippen LogP contribution in [0.2, 0.25) is 0 Å². The molecular formula is C15H22O3. The maximum absolute atomic E-state index is 11.5. The van der Waals surface area contributed by atoms with Crippen molar-refractivity contribution < 1.29 is 14.3 Å². The van der Waals surface area contributed by atoms with Gasteiger partial charge in [-0.05, 0) is 51.3 Å². The number of benzene rings is 1. The third-order valence-electron chi connectivity index (χ3n) is 3.07. The van der Waals surface area contributed by atoms with Gasteiger partial charge in [0, 0.05) is 0 Å². The lowest BCUT2D eigenvalue weighted by Crippen LogP contribution is -2.27. The number of esters is 1. The van der Waals surface area contributed by atoms with E-state index in [1.807, 2.05) is 39.8 Å². The first-order valence-electron chi connectivity index (χ1n) is 6.15. The van der Waals surface area contributed by atoms with Crippen LogP contribution in [-0.2, 0) is 9.53 Å². The molecule has 0 saturated carbocycles. The molecule has 0 spiro atoms. The van der Waals surface area contributed by atoms with Gasteiger partial charge in [-0.15, -0.1) is 0 Å². The van der Waals surface area contributed by atoms with Crippen molar-refractivity contribution in [1.82, 2.24) is 0 Å². The molecule has 0 aliphatic rings. The van der Waals surface area contributed by atoms with Gasteiger partial charge in [0.2, 0.25) is 0 Å². The quantitative estimate of drug-likeness (QED) is 0.752. The summed E-state index contributed by atoms with van der Waals surface area (Å²) >= 11 is 0. The van der Waals surface area contributed by atoms with Crippen molar-refractivity contribution in [2.45, 2.75) is 34.1 Å². The van der Waals surface area contributed by atoms with Gasteiger partial charge in [0.1, 0.15) is 5.75 Å². The Balaban J connectivity index is 2.56. The average molecular weight is 250 g/mol. The van der Waals surface area contributed by atoms with Crippen LogP contribution < -0.4 is 4.74 Å². The van der Waals surface area contributed by atoms with Gasteiger partial charge in [0.15, 0.2) is 0 Å². The third kappa shape index (κ3) is 3.76. The van der Waals surface area contributed by atoms with E-state index in [-0.39, 0.29) is 5.97 Å². The second kappa shape index (κ2) is 5.89. The van der Waals surface area contributed by atoms with Crippen molar-refractivity contribution >= 4 is 5.97 Å². The molecule has 0 atom stereocenters. The van der Waals surface area contributed by atoms with Crippen molar-refractivity contribution in [1.29, 1.82) is 0 Å². The summed E-state index contributed by atoms with van der Waals surface area (Å²) in [6, 6.07) is 6.11. The summed E-state index contributed by atoms with van der Waals surface area (Å²) in [5.41, 5.74) is 1.77. The summed E-state index contributed by atoms with van der Waals surface area (Å²) in [7, 11) is 1.41. The fraction of sp³-hybridized carbons (Fsp3) is 0.533. The number of methoxy groups -OCH3 is 1. The molecule has 0 saturated heterocycles. The van der Waals surface area contributed by atoms with Gasteiger partial charge >= 0.3 is 5.97 Å². The SMILES string of the molecule is COC(=O)C(C)(C)CCOc1cc(C)ccc1C. The van der Waals surface area contributed by atoms with E-state index >= 15 is 0 Å². The van der Waals surface area contributed by atoms with Crippen LogP contribution in [0.4, 0.5) is 0 Å². The van der Waals surface area contributed by atoms with Crippen LogP contribution in [0.3, 0.4) is 0 Å². The van der Waals surface area contributed by atoms with Crippen LogP contribution in [0.1, 0.15) is 31.4 Å². The molecule has 1 rings (SSSR count). The molecule has 0 unspecified atom stereocenters. The van der Waals surface area contributed by atoms with Crippen molar-refractivity contribution in [2.24, 2.45) is 5.41 Å². The van der Waals surface area contributed by atoms with Crippen molar-refractivity contribution in [3.05, 3.63) is 29.3 Å². The fourth-order valence-corrected chi connectivity index (χ4v) is 1.66. The lowest BCUT2D eigenvalue weighted by Gasteiger charge is -2.21. The van der Waals surface area contributed by atoms with Gasteiger partial charge in [-0.3, -0.25) is 4.79 Å². The number of carbonyl (C=O) groups is 1. The molecule has 0 radical (unpaired) electrons. The van der Waals surface area contributed by atoms with E-state index in [1.54, 1.807) is 0 Å². The van der Waals surface area contributed by atoms with Crippen LogP contribution in [0.25, 0.3) is 0 Å². The van der Waals surface area contributed by atoms with Gasteiger partial charge < -0.3 is 9.47 Å². The molecule has 0 heterocycles. The van der Waals surface area contributed by atoms with Crippen LogP contribution >= 0.6 is 0 Å². The maximum Gasteiger partial charge on any atom is 0.311 e. The highest BCUT2D eigenvalue weighted by Crippen LogP contribution is 2.24. The largest absolute Gasteiger partial charge is 0.493 e. The third-order valence-corrected chi connectivity index (χ3v) is 3.07. The lowest BCUT2D eigenvalue weighted by atomic mass is 9.90. The Bertz CT molecular complexity index is 422. The van der Waals surface area contributed by atoms with E-state index in [1.165, 1.54) is 12.7 Å². The smallest absolute Gasteiger partial charge is 0.311 e. The summed E-state index contributed by atoms with van der Waals surface area (Å²) < 4.78 is 10.5. The molecular weight excluding hydrogens is 228 g/mol. The number of ether oxygens (including phenoxy) is 2. The van der Waals surface area contributed by atoms with E-state index < -0.39 is 5.41 Å². The second-order valence-electron chi connectivity index (χ2n) is 5.24. The topological polar surface area (TPSA) is 35.5 Å². The van der Waals surface area contributed by atoms with E-state index in [0.29, 0.717) is 13.0 Å². The first kappa shape index (κ1) is 14.6. The Hall–Kier alpha value is -1.51. The molecule has 0 N–H and O–H groups in total. The first-order chi connectivity index (χ1) is 8.36. The molecule has 100 valence electrons. The normalized spacial score (nSPS) is 11.2. The summed E-state index contributed by atoms with van der Waals surface area (Å²) in [5.74, 6) is 0.683. The molecule has 0 amide bonds. The van der Waals surface area contributed by atoms with E-state index in [2.05, 4.69) is 6.07 Å². The number of hydrogen-bond donors (Lipinski definition) is 0. The second-order valence-corrected chi connectivity index (χ2v) is 5.24. The summed E-state index contributed by atoms with van der Waals surface area (Å²) in [5, 5.41) is 0. The zero-order valence-corrected chi connectivity index (χ0v) is 11.9. The van der Waals surface area contributed by atoms with Gasteiger partial charge in [-0.25, -0.2) is 0 Å². The Kier molecular flexibility index (Phi) is 4.76. The molecule has 0 aliphatic heterocycles. The highest BCUT2D eigenvalue weighted by molar-refractivity contribution is 5.75. The van der Waals surface area contributed by atoms with Crippen LogP contribution in [-0.4, -0.2) is 19.7 Å². The van der Waals surface area contributed by atoms with Crippen LogP contribution in [0.5, 0.6) is 5.75 Å². The van der Waals surface area contributed by atoms with E-state index in [0.717, 1.165) is 11.3 Å². The maximum atomic E-state index is 11.5. The number of aryl methyl sites for hydroxylation is 2. The molecule has 0 fully saturated rings. The van der Waals surface area contributed by atoms with E-state index in [4.69, 9.17) is 9.47 Å². The Morgan fingerprint density at radius 1 is 1.28 bits per heavy atom. The fourth-order valence-electron chi connectivity index (χ4n) is 1.66. The summed E-state index contributed by atoms with van der Waals surface area (Å²) in [4.78, 5) is 11.5. The molecule has 1 aromatic carbocycles.